The highest BCUT2D eigenvalue weighted by atomic mass is 32.1. The molecule has 0 aliphatic rings. The fourth-order valence-corrected chi connectivity index (χ4v) is 2.36. The summed E-state index contributed by atoms with van der Waals surface area (Å²) in [5.41, 5.74) is 1.04. The number of unbranched alkanes of at least 4 members (excludes halogenated alkanes) is 1. The zero-order valence-electron chi connectivity index (χ0n) is 10.8. The van der Waals surface area contributed by atoms with Gasteiger partial charge in [-0.1, -0.05) is 19.8 Å². The molecule has 1 atom stereocenters. The van der Waals surface area contributed by atoms with Crippen molar-refractivity contribution in [1.29, 1.82) is 0 Å². The second kappa shape index (κ2) is 5.91. The first-order valence-electron chi connectivity index (χ1n) is 6.31. The molecule has 2 heterocycles. The largest absolute Gasteiger partial charge is 0.297 e. The van der Waals surface area contributed by atoms with E-state index in [0.717, 1.165) is 17.8 Å². The fourth-order valence-electron chi connectivity index (χ4n) is 2.05. The Balaban J connectivity index is 2.36. The number of nitrogens with one attached hydrogen (secondary N) is 1. The van der Waals surface area contributed by atoms with Crippen molar-refractivity contribution in [2.45, 2.75) is 39.2 Å². The van der Waals surface area contributed by atoms with E-state index < -0.39 is 0 Å². The monoisotopic (exact) mass is 262 g/mol. The topological polar surface area (TPSA) is 46.5 Å². The highest BCUT2D eigenvalue weighted by Gasteiger charge is 2.13. The molecule has 0 aliphatic carbocycles. The number of hydrogen-bond acceptors (Lipinski definition) is 3. The SMILES string of the molecule is CCCCC(C)n1c(-c2ccncc2)n[nH]c1=S. The molecule has 2 aromatic heterocycles. The molecular weight excluding hydrogens is 244 g/mol. The van der Waals surface area contributed by atoms with Gasteiger partial charge in [0, 0.05) is 24.0 Å². The number of rotatable bonds is 5. The predicted molar refractivity (Wildman–Crippen MR) is 74.9 cm³/mol. The molecule has 0 fully saturated rings. The molecule has 1 N–H and O–H groups in total. The fraction of sp³-hybridized carbons (Fsp3) is 0.462. The molecule has 0 saturated carbocycles. The number of aromatic nitrogens is 4. The lowest BCUT2D eigenvalue weighted by Gasteiger charge is -2.15. The van der Waals surface area contributed by atoms with Crippen LogP contribution in [0.3, 0.4) is 0 Å². The zero-order chi connectivity index (χ0) is 13.0. The van der Waals surface area contributed by atoms with Gasteiger partial charge in [0.15, 0.2) is 10.6 Å². The molecule has 0 spiro atoms. The Bertz CT molecular complexity index is 544. The molecule has 96 valence electrons. The van der Waals surface area contributed by atoms with E-state index in [2.05, 4.69) is 33.6 Å². The van der Waals surface area contributed by atoms with E-state index in [1.165, 1.54) is 12.8 Å². The van der Waals surface area contributed by atoms with Crippen LogP contribution >= 0.6 is 12.2 Å². The maximum absolute atomic E-state index is 5.33. The molecule has 0 amide bonds. The molecule has 0 radical (unpaired) electrons. The quantitative estimate of drug-likeness (QED) is 0.835. The van der Waals surface area contributed by atoms with Gasteiger partial charge in [-0.15, -0.1) is 0 Å². The van der Waals surface area contributed by atoms with Crippen LogP contribution in [0.25, 0.3) is 11.4 Å². The molecule has 2 rings (SSSR count). The lowest BCUT2D eigenvalue weighted by molar-refractivity contribution is 0.484. The Morgan fingerprint density at radius 3 is 2.78 bits per heavy atom. The average Bonchev–Trinajstić information content (AvgIpc) is 2.79. The summed E-state index contributed by atoms with van der Waals surface area (Å²) in [5.74, 6) is 0.894. The molecule has 0 bridgehead atoms. The summed E-state index contributed by atoms with van der Waals surface area (Å²) in [7, 11) is 0. The number of aromatic amines is 1. The number of nitrogens with zero attached hydrogens (tertiary/aromatic N) is 3. The third kappa shape index (κ3) is 2.67. The maximum atomic E-state index is 5.33. The summed E-state index contributed by atoms with van der Waals surface area (Å²) in [5, 5.41) is 7.22. The van der Waals surface area contributed by atoms with Crippen LogP contribution in [0.15, 0.2) is 24.5 Å². The van der Waals surface area contributed by atoms with E-state index in [9.17, 15) is 0 Å². The molecule has 18 heavy (non-hydrogen) atoms. The standard InChI is InChI=1S/C13H18N4S/c1-3-4-5-10(2)17-12(15-16-13(17)18)11-6-8-14-9-7-11/h6-10H,3-5H2,1-2H3,(H,16,18). The number of H-pyrrole nitrogens is 1. The molecule has 2 aromatic rings. The van der Waals surface area contributed by atoms with Gasteiger partial charge in [-0.2, -0.15) is 5.10 Å². The van der Waals surface area contributed by atoms with E-state index in [4.69, 9.17) is 12.2 Å². The Hall–Kier alpha value is -1.49. The Morgan fingerprint density at radius 1 is 1.39 bits per heavy atom. The summed E-state index contributed by atoms with van der Waals surface area (Å²) >= 11 is 5.33. The van der Waals surface area contributed by atoms with E-state index in [1.54, 1.807) is 12.4 Å². The smallest absolute Gasteiger partial charge is 0.195 e. The Morgan fingerprint density at radius 2 is 2.11 bits per heavy atom. The molecule has 0 aromatic carbocycles. The normalized spacial score (nSPS) is 12.6. The number of pyridine rings is 1. The van der Waals surface area contributed by atoms with Gasteiger partial charge in [-0.3, -0.25) is 14.6 Å². The summed E-state index contributed by atoms with van der Waals surface area (Å²) in [6, 6.07) is 4.27. The summed E-state index contributed by atoms with van der Waals surface area (Å²) < 4.78 is 2.78. The van der Waals surface area contributed by atoms with Gasteiger partial charge in [0.1, 0.15) is 0 Å². The minimum atomic E-state index is 0.361. The van der Waals surface area contributed by atoms with Crippen LogP contribution in [0.4, 0.5) is 0 Å². The third-order valence-corrected chi connectivity index (χ3v) is 3.35. The van der Waals surface area contributed by atoms with Crippen molar-refractivity contribution in [2.24, 2.45) is 0 Å². The van der Waals surface area contributed by atoms with Crippen molar-refractivity contribution >= 4 is 12.2 Å². The zero-order valence-corrected chi connectivity index (χ0v) is 11.6. The lowest BCUT2D eigenvalue weighted by atomic mass is 10.1. The van der Waals surface area contributed by atoms with Crippen LogP contribution in [0.1, 0.15) is 39.2 Å². The first kappa shape index (κ1) is 13.0. The second-order valence-corrected chi connectivity index (χ2v) is 4.84. The van der Waals surface area contributed by atoms with Gasteiger partial charge < -0.3 is 0 Å². The van der Waals surface area contributed by atoms with Gasteiger partial charge in [-0.05, 0) is 37.7 Å². The minimum absolute atomic E-state index is 0.361. The van der Waals surface area contributed by atoms with Crippen molar-refractivity contribution in [2.75, 3.05) is 0 Å². The van der Waals surface area contributed by atoms with E-state index in [0.29, 0.717) is 10.8 Å². The van der Waals surface area contributed by atoms with Crippen LogP contribution in [0.2, 0.25) is 0 Å². The van der Waals surface area contributed by atoms with Crippen molar-refractivity contribution < 1.29 is 0 Å². The Labute approximate surface area is 112 Å². The Kier molecular flexibility index (Phi) is 4.25. The summed E-state index contributed by atoms with van der Waals surface area (Å²) in [6.45, 7) is 4.39. The van der Waals surface area contributed by atoms with Gasteiger partial charge in [0.25, 0.3) is 0 Å². The van der Waals surface area contributed by atoms with E-state index in [-0.39, 0.29) is 0 Å². The molecule has 0 saturated heterocycles. The van der Waals surface area contributed by atoms with Crippen LogP contribution in [0, 0.1) is 4.77 Å². The first-order chi connectivity index (χ1) is 8.74. The van der Waals surface area contributed by atoms with Crippen molar-refractivity contribution in [3.8, 4) is 11.4 Å². The van der Waals surface area contributed by atoms with Gasteiger partial charge in [0.2, 0.25) is 0 Å². The highest BCUT2D eigenvalue weighted by Crippen LogP contribution is 2.23. The third-order valence-electron chi connectivity index (χ3n) is 3.06. The molecule has 4 nitrogen and oxygen atoms in total. The van der Waals surface area contributed by atoms with Crippen molar-refractivity contribution in [1.82, 2.24) is 19.7 Å². The van der Waals surface area contributed by atoms with Crippen molar-refractivity contribution in [3.05, 3.63) is 29.3 Å². The van der Waals surface area contributed by atoms with Crippen LogP contribution in [0.5, 0.6) is 0 Å². The minimum Gasteiger partial charge on any atom is -0.297 e. The van der Waals surface area contributed by atoms with E-state index in [1.807, 2.05) is 12.1 Å². The molecular formula is C13H18N4S. The first-order valence-corrected chi connectivity index (χ1v) is 6.72. The molecule has 1 unspecified atom stereocenters. The second-order valence-electron chi connectivity index (χ2n) is 4.45. The van der Waals surface area contributed by atoms with E-state index >= 15 is 0 Å². The summed E-state index contributed by atoms with van der Waals surface area (Å²) in [4.78, 5) is 4.03. The summed E-state index contributed by atoms with van der Waals surface area (Å²) in [6.07, 6.45) is 7.05. The van der Waals surface area contributed by atoms with Crippen LogP contribution in [-0.2, 0) is 0 Å². The highest BCUT2D eigenvalue weighted by molar-refractivity contribution is 7.71. The van der Waals surface area contributed by atoms with Gasteiger partial charge >= 0.3 is 0 Å². The molecule has 0 aliphatic heterocycles. The number of hydrogen-bond donors (Lipinski definition) is 1. The predicted octanol–water partition coefficient (Wildman–Crippen LogP) is 3.75. The molecule has 5 heteroatoms. The lowest BCUT2D eigenvalue weighted by Crippen LogP contribution is -2.07. The van der Waals surface area contributed by atoms with Crippen molar-refractivity contribution in [3.63, 3.8) is 0 Å². The van der Waals surface area contributed by atoms with Crippen LogP contribution in [-0.4, -0.2) is 19.7 Å². The van der Waals surface area contributed by atoms with Gasteiger partial charge in [0.05, 0.1) is 0 Å². The average molecular weight is 262 g/mol. The van der Waals surface area contributed by atoms with Crippen LogP contribution < -0.4 is 0 Å². The maximum Gasteiger partial charge on any atom is 0.195 e. The van der Waals surface area contributed by atoms with Gasteiger partial charge in [-0.25, -0.2) is 0 Å².